The second kappa shape index (κ2) is 52.5. The Morgan fingerprint density at radius 1 is 0.513 bits per heavy atom. The Morgan fingerprint density at radius 3 is 1.38 bits per heavy atom. The van der Waals surface area contributed by atoms with Crippen molar-refractivity contribution in [3.05, 3.63) is 85.1 Å². The molecule has 1 rings (SSSR count). The van der Waals surface area contributed by atoms with Gasteiger partial charge in [-0.3, -0.25) is 9.59 Å². The maximum absolute atomic E-state index is 13.4. The standard InChI is InChI=1S/C65H113NO10/c1-4-7-10-13-16-19-22-25-27-29-31-32-34-37-40-43-46-49-52-58(69)64(73)66-56(57(68)51-48-45-42-39-36-24-21-18-15-12-9-6-3)55-74-65-63(62(72)61(71)59(54-67)75-65)76-60(70)53-50-47-44-41-38-35-33-30-28-26-23-20-17-14-11-8-5-2/h16-17,19-20,25-28,31-32,37,40,48,51,56-59,61-63,65,67-69,71-72H,4-15,18,21-24,29-30,33-36,38-39,41-47,49-50,52-55H2,1-3H3,(H,66,73)/b19-16-,20-17-,27-25-,28-26-,32-31-,40-37-,51-48+. The number of amides is 1. The molecule has 438 valence electrons. The smallest absolute Gasteiger partial charge is 0.306 e. The fourth-order valence-electron chi connectivity index (χ4n) is 9.08. The van der Waals surface area contributed by atoms with Gasteiger partial charge < -0.3 is 45.1 Å². The van der Waals surface area contributed by atoms with Crippen LogP contribution in [0.3, 0.4) is 0 Å². The SMILES string of the molecule is CCCCC/C=C\C/C=C\C/C=C\C/C=C\CCCCC(O)C(=O)NC(COC1OC(CO)C(O)C(O)C1OC(=O)CCCCCCCCC/C=C\C/C=C\CCCCC)C(O)/C=C/CCCCCCCCCCCC. The van der Waals surface area contributed by atoms with Crippen molar-refractivity contribution in [1.29, 1.82) is 0 Å². The molecule has 0 aliphatic carbocycles. The molecule has 1 heterocycles. The fraction of sp³-hybridized carbons (Fsp3) is 0.754. The predicted molar refractivity (Wildman–Crippen MR) is 315 cm³/mol. The molecule has 8 atom stereocenters. The quantitative estimate of drug-likeness (QED) is 0.0195. The average molecular weight is 1070 g/mol. The topological polar surface area (TPSA) is 175 Å². The number of carbonyl (C=O) groups is 2. The van der Waals surface area contributed by atoms with Crippen LogP contribution in [0, 0.1) is 0 Å². The molecule has 11 nitrogen and oxygen atoms in total. The van der Waals surface area contributed by atoms with E-state index >= 15 is 0 Å². The maximum atomic E-state index is 13.4. The van der Waals surface area contributed by atoms with Crippen LogP contribution in [-0.4, -0.2) is 99.6 Å². The van der Waals surface area contributed by atoms with Crippen LogP contribution in [0.15, 0.2) is 85.1 Å². The summed E-state index contributed by atoms with van der Waals surface area (Å²) in [6.07, 6.45) is 57.6. The van der Waals surface area contributed by atoms with Gasteiger partial charge >= 0.3 is 5.97 Å². The number of allylic oxidation sites excluding steroid dienone is 13. The van der Waals surface area contributed by atoms with E-state index < -0.39 is 67.4 Å². The van der Waals surface area contributed by atoms with Gasteiger partial charge in [0.25, 0.3) is 0 Å². The van der Waals surface area contributed by atoms with Crippen LogP contribution in [0.4, 0.5) is 0 Å². The van der Waals surface area contributed by atoms with Crippen LogP contribution in [0.2, 0.25) is 0 Å². The summed E-state index contributed by atoms with van der Waals surface area (Å²) >= 11 is 0. The number of nitrogens with one attached hydrogen (secondary N) is 1. The van der Waals surface area contributed by atoms with Gasteiger partial charge in [-0.2, -0.15) is 0 Å². The lowest BCUT2D eigenvalue weighted by Crippen LogP contribution is -2.61. The molecule has 1 saturated heterocycles. The number of carbonyl (C=O) groups excluding carboxylic acids is 2. The maximum Gasteiger partial charge on any atom is 0.306 e. The number of ether oxygens (including phenoxy) is 3. The minimum Gasteiger partial charge on any atom is -0.454 e. The molecular weight excluding hydrogens is 955 g/mol. The summed E-state index contributed by atoms with van der Waals surface area (Å²) in [5.41, 5.74) is 0. The van der Waals surface area contributed by atoms with Crippen LogP contribution in [-0.2, 0) is 23.8 Å². The van der Waals surface area contributed by atoms with E-state index in [2.05, 4.69) is 99.0 Å². The van der Waals surface area contributed by atoms with E-state index in [9.17, 15) is 35.1 Å². The Bertz CT molecular complexity index is 1560. The zero-order valence-electron chi connectivity index (χ0n) is 48.3. The van der Waals surface area contributed by atoms with Crippen molar-refractivity contribution < 1.29 is 49.3 Å². The molecule has 0 bridgehead atoms. The molecule has 0 spiro atoms. The van der Waals surface area contributed by atoms with Crippen molar-refractivity contribution in [1.82, 2.24) is 5.32 Å². The molecule has 0 aromatic heterocycles. The van der Waals surface area contributed by atoms with E-state index in [0.717, 1.165) is 103 Å². The second-order valence-corrected chi connectivity index (χ2v) is 21.1. The monoisotopic (exact) mass is 1070 g/mol. The van der Waals surface area contributed by atoms with Crippen molar-refractivity contribution in [3.8, 4) is 0 Å². The molecular formula is C65H113NO10. The third kappa shape index (κ3) is 40.1. The molecule has 0 aromatic rings. The van der Waals surface area contributed by atoms with Crippen molar-refractivity contribution >= 4 is 11.9 Å². The summed E-state index contributed by atoms with van der Waals surface area (Å²) in [6, 6.07) is -1.05. The van der Waals surface area contributed by atoms with Gasteiger partial charge in [-0.1, -0.05) is 228 Å². The van der Waals surface area contributed by atoms with Gasteiger partial charge in [0.1, 0.15) is 24.4 Å². The molecule has 0 saturated carbocycles. The highest BCUT2D eigenvalue weighted by atomic mass is 16.7. The molecule has 1 aliphatic heterocycles. The van der Waals surface area contributed by atoms with E-state index in [-0.39, 0.29) is 19.4 Å². The molecule has 0 aromatic carbocycles. The fourth-order valence-corrected chi connectivity index (χ4v) is 9.08. The largest absolute Gasteiger partial charge is 0.454 e. The van der Waals surface area contributed by atoms with Crippen LogP contribution in [0.25, 0.3) is 0 Å². The number of hydrogen-bond acceptors (Lipinski definition) is 10. The summed E-state index contributed by atoms with van der Waals surface area (Å²) in [5.74, 6) is -1.24. The molecule has 11 heteroatoms. The highest BCUT2D eigenvalue weighted by Crippen LogP contribution is 2.26. The Kier molecular flexibility index (Phi) is 49.0. The van der Waals surface area contributed by atoms with Crippen molar-refractivity contribution in [3.63, 3.8) is 0 Å². The lowest BCUT2D eigenvalue weighted by molar-refractivity contribution is -0.305. The first-order valence-corrected chi connectivity index (χ1v) is 30.9. The summed E-state index contributed by atoms with van der Waals surface area (Å²) < 4.78 is 17.6. The first kappa shape index (κ1) is 70.9. The number of aliphatic hydroxyl groups excluding tert-OH is 5. The molecule has 0 radical (unpaired) electrons. The second-order valence-electron chi connectivity index (χ2n) is 21.1. The Morgan fingerprint density at radius 2 is 0.908 bits per heavy atom. The summed E-state index contributed by atoms with van der Waals surface area (Å²) in [6.45, 7) is 5.70. The van der Waals surface area contributed by atoms with Gasteiger partial charge in [0.2, 0.25) is 5.91 Å². The Labute approximate surface area is 463 Å². The number of rotatable bonds is 51. The molecule has 1 aliphatic rings. The van der Waals surface area contributed by atoms with Crippen molar-refractivity contribution in [2.45, 2.75) is 301 Å². The van der Waals surface area contributed by atoms with E-state index in [4.69, 9.17) is 14.2 Å². The highest BCUT2D eigenvalue weighted by Gasteiger charge is 2.47. The molecule has 8 unspecified atom stereocenters. The third-order valence-electron chi connectivity index (χ3n) is 14.0. The normalized spacial score (nSPS) is 19.7. The number of esters is 1. The van der Waals surface area contributed by atoms with Gasteiger partial charge in [-0.15, -0.1) is 0 Å². The first-order chi connectivity index (χ1) is 37.2. The van der Waals surface area contributed by atoms with Crippen LogP contribution in [0.5, 0.6) is 0 Å². The van der Waals surface area contributed by atoms with E-state index in [1.807, 2.05) is 6.08 Å². The average Bonchev–Trinajstić information content (AvgIpc) is 3.42. The summed E-state index contributed by atoms with van der Waals surface area (Å²) in [7, 11) is 0. The van der Waals surface area contributed by atoms with E-state index in [1.165, 1.54) is 103 Å². The zero-order chi connectivity index (χ0) is 55.4. The van der Waals surface area contributed by atoms with Crippen LogP contribution >= 0.6 is 0 Å². The van der Waals surface area contributed by atoms with Gasteiger partial charge in [0, 0.05) is 6.42 Å². The third-order valence-corrected chi connectivity index (χ3v) is 14.0. The van der Waals surface area contributed by atoms with Crippen molar-refractivity contribution in [2.24, 2.45) is 0 Å². The van der Waals surface area contributed by atoms with Gasteiger partial charge in [0.05, 0.1) is 25.4 Å². The van der Waals surface area contributed by atoms with Gasteiger partial charge in [0.15, 0.2) is 12.4 Å². The Balaban J connectivity index is 2.73. The molecule has 1 fully saturated rings. The lowest BCUT2D eigenvalue weighted by atomic mass is 9.99. The van der Waals surface area contributed by atoms with E-state index in [1.54, 1.807) is 6.08 Å². The first-order valence-electron chi connectivity index (χ1n) is 30.9. The van der Waals surface area contributed by atoms with Crippen LogP contribution < -0.4 is 5.32 Å². The predicted octanol–water partition coefficient (Wildman–Crippen LogP) is 14.6. The highest BCUT2D eigenvalue weighted by molar-refractivity contribution is 5.80. The minimum absolute atomic E-state index is 0.107. The lowest BCUT2D eigenvalue weighted by Gasteiger charge is -2.41. The summed E-state index contributed by atoms with van der Waals surface area (Å²) in [5, 5.41) is 56.9. The number of aliphatic hydroxyl groups is 5. The minimum atomic E-state index is -1.63. The summed E-state index contributed by atoms with van der Waals surface area (Å²) in [4.78, 5) is 26.5. The van der Waals surface area contributed by atoms with E-state index in [0.29, 0.717) is 12.8 Å². The molecule has 76 heavy (non-hydrogen) atoms. The Hall–Kier alpha value is -3.16. The number of hydrogen-bond donors (Lipinski definition) is 6. The van der Waals surface area contributed by atoms with Gasteiger partial charge in [-0.05, 0) is 103 Å². The van der Waals surface area contributed by atoms with Crippen LogP contribution in [0.1, 0.15) is 252 Å². The van der Waals surface area contributed by atoms with Gasteiger partial charge in [-0.25, -0.2) is 0 Å². The van der Waals surface area contributed by atoms with Crippen molar-refractivity contribution in [2.75, 3.05) is 13.2 Å². The molecule has 1 amide bonds. The zero-order valence-corrected chi connectivity index (χ0v) is 48.3. The molecule has 6 N–H and O–H groups in total. The number of unbranched alkanes of at least 4 members (excludes halogenated alkanes) is 25.